The number of hydrogen-bond acceptors (Lipinski definition) is 2. The second kappa shape index (κ2) is 5.51. The molecule has 21 heavy (non-hydrogen) atoms. The third kappa shape index (κ3) is 2.33. The highest BCUT2D eigenvalue weighted by Crippen LogP contribution is 2.32. The van der Waals surface area contributed by atoms with Crippen molar-refractivity contribution in [3.8, 4) is 11.4 Å². The summed E-state index contributed by atoms with van der Waals surface area (Å²) in [6.45, 7) is 5.50. The zero-order valence-corrected chi connectivity index (χ0v) is 13.0. The summed E-state index contributed by atoms with van der Waals surface area (Å²) in [5.41, 5.74) is 10.9. The Morgan fingerprint density at radius 3 is 2.76 bits per heavy atom. The molecule has 0 aliphatic carbocycles. The first-order chi connectivity index (χ1) is 10.2. The highest BCUT2D eigenvalue weighted by Gasteiger charge is 2.15. The normalized spacial score (nSPS) is 11.2. The maximum atomic E-state index is 6.47. The minimum atomic E-state index is 0.523. The van der Waals surface area contributed by atoms with Crippen LogP contribution in [0.25, 0.3) is 22.4 Å². The minimum Gasteiger partial charge on any atom is -0.326 e. The van der Waals surface area contributed by atoms with Gasteiger partial charge in [-0.25, -0.2) is 4.98 Å². The van der Waals surface area contributed by atoms with Gasteiger partial charge >= 0.3 is 0 Å². The van der Waals surface area contributed by atoms with E-state index in [1.807, 2.05) is 25.1 Å². The predicted molar refractivity (Wildman–Crippen MR) is 88.5 cm³/mol. The van der Waals surface area contributed by atoms with Crippen molar-refractivity contribution >= 4 is 22.6 Å². The van der Waals surface area contributed by atoms with Crippen LogP contribution in [0.2, 0.25) is 5.02 Å². The van der Waals surface area contributed by atoms with Gasteiger partial charge in [0.1, 0.15) is 5.82 Å². The maximum Gasteiger partial charge on any atom is 0.142 e. The van der Waals surface area contributed by atoms with Crippen LogP contribution in [0, 0.1) is 6.92 Å². The summed E-state index contributed by atoms with van der Waals surface area (Å²) < 4.78 is 2.19. The molecule has 1 heterocycles. The molecule has 0 saturated carbocycles. The number of benzene rings is 2. The molecule has 0 fully saturated rings. The summed E-state index contributed by atoms with van der Waals surface area (Å²) in [5, 5.41) is 0.765. The smallest absolute Gasteiger partial charge is 0.142 e. The second-order valence-corrected chi connectivity index (χ2v) is 5.52. The lowest BCUT2D eigenvalue weighted by Crippen LogP contribution is -1.99. The monoisotopic (exact) mass is 299 g/mol. The van der Waals surface area contributed by atoms with Crippen LogP contribution in [0.3, 0.4) is 0 Å². The number of aryl methyl sites for hydroxylation is 2. The van der Waals surface area contributed by atoms with Crippen molar-refractivity contribution < 1.29 is 0 Å². The Morgan fingerprint density at radius 1 is 1.24 bits per heavy atom. The van der Waals surface area contributed by atoms with Crippen LogP contribution in [0.5, 0.6) is 0 Å². The Labute approximate surface area is 129 Å². The summed E-state index contributed by atoms with van der Waals surface area (Å²) in [6.07, 6.45) is 0. The lowest BCUT2D eigenvalue weighted by atomic mass is 10.1. The predicted octanol–water partition coefficient (Wildman–Crippen LogP) is 4.14. The molecule has 1 aromatic heterocycles. The first-order valence-electron chi connectivity index (χ1n) is 7.10. The highest BCUT2D eigenvalue weighted by molar-refractivity contribution is 6.34. The molecule has 0 unspecified atom stereocenters. The van der Waals surface area contributed by atoms with Gasteiger partial charge in [0.05, 0.1) is 16.1 Å². The number of halogens is 1. The molecule has 0 aliphatic rings. The molecule has 0 radical (unpaired) electrons. The molecule has 2 N–H and O–H groups in total. The van der Waals surface area contributed by atoms with E-state index in [1.165, 1.54) is 0 Å². The van der Waals surface area contributed by atoms with Crippen molar-refractivity contribution in [1.82, 2.24) is 9.55 Å². The van der Waals surface area contributed by atoms with Crippen molar-refractivity contribution in [2.75, 3.05) is 0 Å². The molecule has 0 saturated heterocycles. The topological polar surface area (TPSA) is 43.8 Å². The van der Waals surface area contributed by atoms with Crippen LogP contribution in [0.15, 0.2) is 36.4 Å². The van der Waals surface area contributed by atoms with Crippen LogP contribution in [0.1, 0.15) is 18.1 Å². The lowest BCUT2D eigenvalue weighted by Gasteiger charge is -2.09. The van der Waals surface area contributed by atoms with E-state index in [0.717, 1.165) is 45.1 Å². The molecule has 2 aromatic carbocycles. The Bertz CT molecular complexity index is 805. The van der Waals surface area contributed by atoms with E-state index < -0.39 is 0 Å². The van der Waals surface area contributed by atoms with Crippen molar-refractivity contribution in [2.24, 2.45) is 5.73 Å². The molecule has 0 bridgehead atoms. The first-order valence-corrected chi connectivity index (χ1v) is 7.48. The standard InChI is InChI=1S/C17H18ClN3/c1-3-21-15-8-7-12(10-19)9-14(15)20-17(21)13-6-4-5-11(2)16(13)18/h4-9H,3,10,19H2,1-2H3. The summed E-state index contributed by atoms with van der Waals surface area (Å²) in [7, 11) is 0. The Morgan fingerprint density at radius 2 is 2.05 bits per heavy atom. The number of hydrogen-bond donors (Lipinski definition) is 1. The van der Waals surface area contributed by atoms with Gasteiger partial charge in [-0.15, -0.1) is 0 Å². The van der Waals surface area contributed by atoms with Gasteiger partial charge in [0, 0.05) is 18.7 Å². The number of rotatable bonds is 3. The van der Waals surface area contributed by atoms with Gasteiger partial charge in [0.25, 0.3) is 0 Å². The van der Waals surface area contributed by atoms with Crippen LogP contribution in [-0.2, 0) is 13.1 Å². The van der Waals surface area contributed by atoms with Crippen LogP contribution in [-0.4, -0.2) is 9.55 Å². The van der Waals surface area contributed by atoms with Gasteiger partial charge in [-0.3, -0.25) is 0 Å². The summed E-state index contributed by atoms with van der Waals surface area (Å²) >= 11 is 6.47. The molecule has 108 valence electrons. The van der Waals surface area contributed by atoms with Gasteiger partial charge in [-0.05, 0) is 43.2 Å². The van der Waals surface area contributed by atoms with E-state index >= 15 is 0 Å². The summed E-state index contributed by atoms with van der Waals surface area (Å²) in [5.74, 6) is 0.912. The van der Waals surface area contributed by atoms with Gasteiger partial charge < -0.3 is 10.3 Å². The molecular weight excluding hydrogens is 282 g/mol. The molecule has 0 amide bonds. The fraction of sp³-hybridized carbons (Fsp3) is 0.235. The molecule has 3 rings (SSSR count). The number of fused-ring (bicyclic) bond motifs is 1. The molecule has 0 aliphatic heterocycles. The Kier molecular flexibility index (Phi) is 3.70. The minimum absolute atomic E-state index is 0.523. The molecule has 3 aromatic rings. The van der Waals surface area contributed by atoms with E-state index in [0.29, 0.717) is 6.54 Å². The lowest BCUT2D eigenvalue weighted by molar-refractivity contribution is 0.796. The number of nitrogens with zero attached hydrogens (tertiary/aromatic N) is 2. The van der Waals surface area contributed by atoms with Gasteiger partial charge in [-0.1, -0.05) is 29.8 Å². The van der Waals surface area contributed by atoms with Gasteiger partial charge in [0.2, 0.25) is 0 Å². The van der Waals surface area contributed by atoms with E-state index in [2.05, 4.69) is 29.7 Å². The van der Waals surface area contributed by atoms with Crippen molar-refractivity contribution in [1.29, 1.82) is 0 Å². The third-order valence-corrected chi connectivity index (χ3v) is 4.30. The van der Waals surface area contributed by atoms with Crippen LogP contribution < -0.4 is 5.73 Å². The van der Waals surface area contributed by atoms with Crippen molar-refractivity contribution in [3.63, 3.8) is 0 Å². The van der Waals surface area contributed by atoms with Crippen LogP contribution in [0.4, 0.5) is 0 Å². The fourth-order valence-electron chi connectivity index (χ4n) is 2.65. The Hall–Kier alpha value is -1.84. The highest BCUT2D eigenvalue weighted by atomic mass is 35.5. The fourth-order valence-corrected chi connectivity index (χ4v) is 2.86. The summed E-state index contributed by atoms with van der Waals surface area (Å²) in [6, 6.07) is 12.2. The van der Waals surface area contributed by atoms with E-state index in [4.69, 9.17) is 22.3 Å². The SMILES string of the molecule is CCn1c(-c2cccc(C)c2Cl)nc2cc(CN)ccc21. The molecule has 0 spiro atoms. The summed E-state index contributed by atoms with van der Waals surface area (Å²) in [4.78, 5) is 4.79. The van der Waals surface area contributed by atoms with E-state index in [1.54, 1.807) is 0 Å². The zero-order chi connectivity index (χ0) is 15.0. The average molecular weight is 300 g/mol. The average Bonchev–Trinajstić information content (AvgIpc) is 2.87. The largest absolute Gasteiger partial charge is 0.326 e. The molecular formula is C17H18ClN3. The second-order valence-electron chi connectivity index (χ2n) is 5.14. The zero-order valence-electron chi connectivity index (χ0n) is 12.2. The maximum absolute atomic E-state index is 6.47. The quantitative estimate of drug-likeness (QED) is 0.790. The number of nitrogens with two attached hydrogens (primary N) is 1. The van der Waals surface area contributed by atoms with Crippen molar-refractivity contribution in [2.45, 2.75) is 26.9 Å². The van der Waals surface area contributed by atoms with E-state index in [9.17, 15) is 0 Å². The molecule has 4 heteroatoms. The van der Waals surface area contributed by atoms with Gasteiger partial charge in [-0.2, -0.15) is 0 Å². The Balaban J connectivity index is 2.29. The molecule has 0 atom stereocenters. The van der Waals surface area contributed by atoms with Gasteiger partial charge in [0.15, 0.2) is 0 Å². The van der Waals surface area contributed by atoms with Crippen molar-refractivity contribution in [3.05, 3.63) is 52.5 Å². The number of aromatic nitrogens is 2. The van der Waals surface area contributed by atoms with E-state index in [-0.39, 0.29) is 0 Å². The third-order valence-electron chi connectivity index (χ3n) is 3.80. The number of imidazole rings is 1. The van der Waals surface area contributed by atoms with Crippen LogP contribution >= 0.6 is 11.6 Å². The first kappa shape index (κ1) is 14.1. The molecule has 3 nitrogen and oxygen atoms in total.